The second kappa shape index (κ2) is 5.14. The van der Waals surface area contributed by atoms with Crippen molar-refractivity contribution in [2.75, 3.05) is 6.61 Å². The zero-order valence-electron chi connectivity index (χ0n) is 12.2. The number of benzene rings is 1. The first-order chi connectivity index (χ1) is 10.5. The molecule has 2 saturated heterocycles. The van der Waals surface area contributed by atoms with Crippen molar-refractivity contribution in [3.63, 3.8) is 0 Å². The van der Waals surface area contributed by atoms with Crippen LogP contribution in [0.15, 0.2) is 36.1 Å². The monoisotopic (exact) mass is 303 g/mol. The second-order valence-electron chi connectivity index (χ2n) is 5.62. The molecular weight excluding hydrogens is 286 g/mol. The fraction of sp³-hybridized carbons (Fsp3) is 0.375. The summed E-state index contributed by atoms with van der Waals surface area (Å²) >= 11 is 0. The largest absolute Gasteiger partial charge is 0.479 e. The van der Waals surface area contributed by atoms with Crippen molar-refractivity contribution in [1.29, 1.82) is 0 Å². The number of hydrogen-bond acceptors (Lipinski definition) is 4. The van der Waals surface area contributed by atoms with Crippen molar-refractivity contribution in [1.82, 2.24) is 4.90 Å². The molecule has 3 rings (SSSR count). The molecule has 2 aliphatic rings. The molecule has 22 heavy (non-hydrogen) atoms. The molecular formula is C16H17NO5. The van der Waals surface area contributed by atoms with E-state index >= 15 is 0 Å². The molecule has 6 heteroatoms. The third-order valence-electron chi connectivity index (χ3n) is 4.20. The van der Waals surface area contributed by atoms with Gasteiger partial charge in [0.1, 0.15) is 5.76 Å². The summed E-state index contributed by atoms with van der Waals surface area (Å²) in [7, 11) is 0. The zero-order valence-corrected chi connectivity index (χ0v) is 12.2. The Kier molecular flexibility index (Phi) is 3.41. The van der Waals surface area contributed by atoms with E-state index in [1.165, 1.54) is 11.0 Å². The number of β-lactam (4-membered cyclic amide) rings is 1. The number of hydrogen-bond donors (Lipinski definition) is 2. The van der Waals surface area contributed by atoms with Crippen molar-refractivity contribution >= 4 is 11.9 Å². The highest BCUT2D eigenvalue weighted by molar-refractivity contribution is 5.94. The van der Waals surface area contributed by atoms with Gasteiger partial charge in [0.15, 0.2) is 6.23 Å². The third-order valence-corrected chi connectivity index (χ3v) is 4.20. The summed E-state index contributed by atoms with van der Waals surface area (Å²) in [6, 6.07) is 7.47. The average molecular weight is 303 g/mol. The molecule has 0 saturated carbocycles. The van der Waals surface area contributed by atoms with E-state index in [1.54, 1.807) is 0 Å². The Hall–Kier alpha value is -2.34. The number of carboxylic acid groups (broad SMARTS) is 1. The minimum absolute atomic E-state index is 0.108. The summed E-state index contributed by atoms with van der Waals surface area (Å²) in [5.74, 6) is -1.26. The summed E-state index contributed by atoms with van der Waals surface area (Å²) in [5, 5.41) is 19.0. The number of aliphatic carboxylic acids is 1. The van der Waals surface area contributed by atoms with Gasteiger partial charge in [-0.15, -0.1) is 0 Å². The van der Waals surface area contributed by atoms with Crippen LogP contribution in [0.3, 0.4) is 0 Å². The van der Waals surface area contributed by atoms with Crippen LogP contribution in [0.5, 0.6) is 0 Å². The number of carbonyl (C=O) groups is 2. The summed E-state index contributed by atoms with van der Waals surface area (Å²) in [4.78, 5) is 25.2. The molecule has 0 aliphatic carbocycles. The second-order valence-corrected chi connectivity index (χ2v) is 5.62. The maximum absolute atomic E-state index is 12.0. The van der Waals surface area contributed by atoms with Gasteiger partial charge in [-0.25, -0.2) is 4.79 Å². The van der Waals surface area contributed by atoms with Crippen molar-refractivity contribution < 1.29 is 24.5 Å². The van der Waals surface area contributed by atoms with Crippen LogP contribution >= 0.6 is 0 Å². The number of aliphatic hydroxyl groups excluding tert-OH is 1. The highest BCUT2D eigenvalue weighted by Crippen LogP contribution is 2.46. The first-order valence-electron chi connectivity index (χ1n) is 7.08. The maximum atomic E-state index is 12.0. The number of fused-ring (bicyclic) bond motifs is 1. The number of carbonyl (C=O) groups excluding carboxylic acids is 1. The number of aliphatic hydroxyl groups is 1. The lowest BCUT2D eigenvalue weighted by atomic mass is 9.85. The van der Waals surface area contributed by atoms with Crippen LogP contribution < -0.4 is 0 Å². The fourth-order valence-corrected chi connectivity index (χ4v) is 3.06. The standard InChI is InChI=1S/C16H17NO5/c1-10-2-4-11(5-3-10)9-16(15(20)21)12(6-7-18)22-14-8-13(19)17(14)16/h2-6,14,18H,7-9H2,1H3,(H,20,21)/b12-6-/t14-,16-/m1/s1. The Morgan fingerprint density at radius 2 is 2.14 bits per heavy atom. The summed E-state index contributed by atoms with van der Waals surface area (Å²) in [5.41, 5.74) is 0.290. The van der Waals surface area contributed by atoms with E-state index in [4.69, 9.17) is 9.84 Å². The van der Waals surface area contributed by atoms with E-state index in [1.807, 2.05) is 31.2 Å². The van der Waals surface area contributed by atoms with Crippen LogP contribution in [0.25, 0.3) is 0 Å². The van der Waals surface area contributed by atoms with Crippen molar-refractivity contribution in [3.05, 3.63) is 47.2 Å². The number of amides is 1. The first-order valence-corrected chi connectivity index (χ1v) is 7.08. The predicted molar refractivity (Wildman–Crippen MR) is 76.8 cm³/mol. The van der Waals surface area contributed by atoms with E-state index < -0.39 is 17.7 Å². The molecule has 1 amide bonds. The molecule has 116 valence electrons. The van der Waals surface area contributed by atoms with E-state index in [0.29, 0.717) is 0 Å². The molecule has 0 unspecified atom stereocenters. The highest BCUT2D eigenvalue weighted by atomic mass is 16.5. The van der Waals surface area contributed by atoms with E-state index in [9.17, 15) is 14.7 Å². The van der Waals surface area contributed by atoms with Crippen LogP contribution in [0, 0.1) is 6.92 Å². The van der Waals surface area contributed by atoms with Gasteiger partial charge < -0.3 is 14.9 Å². The fourth-order valence-electron chi connectivity index (χ4n) is 3.06. The molecule has 2 atom stereocenters. The maximum Gasteiger partial charge on any atom is 0.338 e. The minimum Gasteiger partial charge on any atom is -0.479 e. The number of nitrogens with zero attached hydrogens (tertiary/aromatic N) is 1. The third kappa shape index (κ3) is 1.99. The summed E-state index contributed by atoms with van der Waals surface area (Å²) in [6.07, 6.45) is 1.06. The topological polar surface area (TPSA) is 87.1 Å². The highest BCUT2D eigenvalue weighted by Gasteiger charge is 2.64. The molecule has 1 aromatic carbocycles. The first kappa shape index (κ1) is 14.6. The van der Waals surface area contributed by atoms with Gasteiger partial charge in [-0.05, 0) is 18.6 Å². The molecule has 0 aromatic heterocycles. The number of rotatable bonds is 4. The van der Waals surface area contributed by atoms with Gasteiger partial charge in [0.05, 0.1) is 13.0 Å². The zero-order chi connectivity index (χ0) is 15.9. The Morgan fingerprint density at radius 3 is 2.68 bits per heavy atom. The van der Waals surface area contributed by atoms with Gasteiger partial charge in [-0.1, -0.05) is 29.8 Å². The minimum atomic E-state index is -1.57. The molecule has 2 heterocycles. The van der Waals surface area contributed by atoms with Gasteiger partial charge in [0, 0.05) is 6.42 Å². The lowest BCUT2D eigenvalue weighted by molar-refractivity contribution is -0.170. The van der Waals surface area contributed by atoms with E-state index in [2.05, 4.69) is 0 Å². The predicted octanol–water partition coefficient (Wildman–Crippen LogP) is 0.826. The van der Waals surface area contributed by atoms with Gasteiger partial charge >= 0.3 is 5.97 Å². The number of aryl methyl sites for hydroxylation is 1. The summed E-state index contributed by atoms with van der Waals surface area (Å²) in [6.45, 7) is 1.61. The van der Waals surface area contributed by atoms with Gasteiger partial charge in [0.2, 0.25) is 11.4 Å². The van der Waals surface area contributed by atoms with Crippen molar-refractivity contribution in [3.8, 4) is 0 Å². The van der Waals surface area contributed by atoms with Gasteiger partial charge in [-0.3, -0.25) is 9.69 Å². The SMILES string of the molecule is Cc1ccc(C[C@]2(C(=O)O)/C(=C/CO)O[C@@H]3CC(=O)N32)cc1. The van der Waals surface area contributed by atoms with Crippen LogP contribution in [0.4, 0.5) is 0 Å². The lowest BCUT2D eigenvalue weighted by Gasteiger charge is -2.40. The molecule has 2 N–H and O–H groups in total. The van der Waals surface area contributed by atoms with Crippen LogP contribution in [-0.4, -0.2) is 45.4 Å². The Morgan fingerprint density at radius 1 is 1.45 bits per heavy atom. The summed E-state index contributed by atoms with van der Waals surface area (Å²) < 4.78 is 5.57. The molecule has 0 bridgehead atoms. The van der Waals surface area contributed by atoms with Crippen molar-refractivity contribution in [2.45, 2.75) is 31.5 Å². The van der Waals surface area contributed by atoms with Crippen LogP contribution in [0.1, 0.15) is 17.5 Å². The van der Waals surface area contributed by atoms with Crippen LogP contribution in [0.2, 0.25) is 0 Å². The van der Waals surface area contributed by atoms with Crippen LogP contribution in [-0.2, 0) is 20.7 Å². The molecule has 1 aromatic rings. The Balaban J connectivity index is 2.05. The normalized spacial score (nSPS) is 28.3. The van der Waals surface area contributed by atoms with Gasteiger partial charge in [-0.2, -0.15) is 0 Å². The molecule has 0 radical (unpaired) electrons. The quantitative estimate of drug-likeness (QED) is 0.804. The van der Waals surface area contributed by atoms with E-state index in [-0.39, 0.29) is 31.1 Å². The van der Waals surface area contributed by atoms with Crippen molar-refractivity contribution in [2.24, 2.45) is 0 Å². The number of ether oxygens (including phenoxy) is 1. The molecule has 6 nitrogen and oxygen atoms in total. The van der Waals surface area contributed by atoms with Gasteiger partial charge in [0.25, 0.3) is 0 Å². The average Bonchev–Trinajstić information content (AvgIpc) is 2.71. The smallest absolute Gasteiger partial charge is 0.338 e. The van der Waals surface area contributed by atoms with E-state index in [0.717, 1.165) is 11.1 Å². The number of carboxylic acids is 1. The molecule has 2 aliphatic heterocycles. The molecule has 0 spiro atoms. The molecule has 2 fully saturated rings. The lowest BCUT2D eigenvalue weighted by Crippen LogP contribution is -2.63. The Bertz CT molecular complexity index is 651. The Labute approximate surface area is 127 Å².